The number of halogens is 2. The first-order valence-corrected chi connectivity index (χ1v) is 4.60. The maximum atomic E-state index is 13.2. The summed E-state index contributed by atoms with van der Waals surface area (Å²) in [5.74, 6) is -1.53. The summed E-state index contributed by atoms with van der Waals surface area (Å²) >= 11 is 0. The second kappa shape index (κ2) is 4.87. The van der Waals surface area contributed by atoms with Crippen LogP contribution in [0.25, 0.3) is 0 Å². The Hall–Kier alpha value is -1.45. The predicted molar refractivity (Wildman–Crippen MR) is 51.9 cm³/mol. The number of hydrogen-bond acceptors (Lipinski definition) is 1. The Labute approximate surface area is 86.5 Å². The van der Waals surface area contributed by atoms with E-state index in [-0.39, 0.29) is 18.4 Å². The Kier molecular flexibility index (Phi) is 3.77. The van der Waals surface area contributed by atoms with E-state index in [1.54, 1.807) is 13.0 Å². The van der Waals surface area contributed by atoms with Crippen LogP contribution in [0.5, 0.6) is 0 Å². The van der Waals surface area contributed by atoms with Crippen molar-refractivity contribution in [1.29, 1.82) is 0 Å². The van der Waals surface area contributed by atoms with Gasteiger partial charge in [-0.1, -0.05) is 6.07 Å². The molecule has 0 atom stereocenters. The summed E-state index contributed by atoms with van der Waals surface area (Å²) in [6, 6.07) is 2.83. The highest BCUT2D eigenvalue weighted by Crippen LogP contribution is 2.18. The molecule has 0 aromatic heterocycles. The van der Waals surface area contributed by atoms with Crippen molar-refractivity contribution in [2.24, 2.45) is 0 Å². The highest BCUT2D eigenvalue weighted by Gasteiger charge is 2.08. The molecular formula is C11H12F2O2. The molecule has 0 amide bonds. The minimum absolute atomic E-state index is 0.0478. The van der Waals surface area contributed by atoms with E-state index in [1.165, 1.54) is 6.07 Å². The Morgan fingerprint density at radius 1 is 1.47 bits per heavy atom. The zero-order valence-electron chi connectivity index (χ0n) is 8.39. The smallest absolute Gasteiger partial charge is 0.303 e. The fourth-order valence-electron chi connectivity index (χ4n) is 1.41. The van der Waals surface area contributed by atoms with Crippen molar-refractivity contribution >= 4 is 5.97 Å². The van der Waals surface area contributed by atoms with Crippen LogP contribution < -0.4 is 0 Å². The van der Waals surface area contributed by atoms with E-state index in [0.717, 1.165) is 0 Å². The molecule has 1 N–H and O–H groups in total. The molecule has 0 saturated carbocycles. The van der Waals surface area contributed by atoms with Gasteiger partial charge in [0, 0.05) is 12.0 Å². The van der Waals surface area contributed by atoms with Crippen LogP contribution in [0.4, 0.5) is 8.78 Å². The van der Waals surface area contributed by atoms with Crippen LogP contribution in [0.3, 0.4) is 0 Å². The molecule has 0 radical (unpaired) electrons. The zero-order chi connectivity index (χ0) is 11.4. The number of carboxylic acids is 1. The van der Waals surface area contributed by atoms with Gasteiger partial charge in [-0.2, -0.15) is 0 Å². The first kappa shape index (κ1) is 11.6. The van der Waals surface area contributed by atoms with Gasteiger partial charge in [-0.15, -0.1) is 0 Å². The van der Waals surface area contributed by atoms with E-state index in [9.17, 15) is 13.6 Å². The van der Waals surface area contributed by atoms with Crippen molar-refractivity contribution in [3.8, 4) is 0 Å². The lowest BCUT2D eigenvalue weighted by atomic mass is 10.0. The summed E-state index contributed by atoms with van der Waals surface area (Å²) < 4.78 is 25.6. The molecule has 82 valence electrons. The lowest BCUT2D eigenvalue weighted by Gasteiger charge is -2.06. The summed E-state index contributed by atoms with van der Waals surface area (Å²) in [7, 11) is 0. The summed E-state index contributed by atoms with van der Waals surface area (Å²) in [5, 5.41) is 8.46. The third kappa shape index (κ3) is 3.01. The van der Waals surface area contributed by atoms with Gasteiger partial charge >= 0.3 is 5.97 Å². The molecule has 0 aliphatic rings. The highest BCUT2D eigenvalue weighted by molar-refractivity contribution is 5.67. The minimum Gasteiger partial charge on any atom is -0.481 e. The quantitative estimate of drug-likeness (QED) is 0.836. The molecule has 0 aliphatic heterocycles. The summed E-state index contributed by atoms with van der Waals surface area (Å²) in [6.07, 6.45) is 0.216. The van der Waals surface area contributed by atoms with E-state index in [2.05, 4.69) is 0 Å². The molecule has 0 spiro atoms. The monoisotopic (exact) mass is 214 g/mol. The van der Waals surface area contributed by atoms with Gasteiger partial charge in [0.2, 0.25) is 0 Å². The maximum absolute atomic E-state index is 13.2. The lowest BCUT2D eigenvalue weighted by molar-refractivity contribution is -0.136. The largest absolute Gasteiger partial charge is 0.481 e. The van der Waals surface area contributed by atoms with Gasteiger partial charge in [0.15, 0.2) is 0 Å². The molecule has 0 aliphatic carbocycles. The standard InChI is InChI=1S/C11H12F2O2/c1-7-4-8(2-3-11(14)15)5-10(13)9(7)6-12/h4-5H,2-3,6H2,1H3,(H,14,15). The second-order valence-electron chi connectivity index (χ2n) is 3.40. The van der Waals surface area contributed by atoms with E-state index < -0.39 is 18.5 Å². The average Bonchev–Trinajstić information content (AvgIpc) is 2.14. The van der Waals surface area contributed by atoms with Crippen molar-refractivity contribution in [3.63, 3.8) is 0 Å². The lowest BCUT2D eigenvalue weighted by Crippen LogP contribution is -2.00. The number of carbonyl (C=O) groups is 1. The van der Waals surface area contributed by atoms with Crippen LogP contribution in [0.15, 0.2) is 12.1 Å². The van der Waals surface area contributed by atoms with E-state index in [1.807, 2.05) is 0 Å². The molecule has 0 heterocycles. The van der Waals surface area contributed by atoms with E-state index in [0.29, 0.717) is 11.1 Å². The zero-order valence-corrected chi connectivity index (χ0v) is 8.39. The molecule has 2 nitrogen and oxygen atoms in total. The third-order valence-electron chi connectivity index (χ3n) is 2.24. The van der Waals surface area contributed by atoms with Crippen LogP contribution in [-0.4, -0.2) is 11.1 Å². The number of hydrogen-bond donors (Lipinski definition) is 1. The van der Waals surface area contributed by atoms with E-state index in [4.69, 9.17) is 5.11 Å². The fourth-order valence-corrected chi connectivity index (χ4v) is 1.41. The summed E-state index contributed by atoms with van der Waals surface area (Å²) in [4.78, 5) is 10.3. The molecule has 0 bridgehead atoms. The number of alkyl halides is 1. The van der Waals surface area contributed by atoms with Gasteiger partial charge < -0.3 is 5.11 Å². The van der Waals surface area contributed by atoms with Crippen molar-refractivity contribution in [2.75, 3.05) is 0 Å². The van der Waals surface area contributed by atoms with Crippen molar-refractivity contribution in [1.82, 2.24) is 0 Å². The van der Waals surface area contributed by atoms with Crippen molar-refractivity contribution in [2.45, 2.75) is 26.4 Å². The van der Waals surface area contributed by atoms with Crippen LogP contribution in [0, 0.1) is 12.7 Å². The number of aryl methyl sites for hydroxylation is 2. The molecular weight excluding hydrogens is 202 g/mol. The van der Waals surface area contributed by atoms with Gasteiger partial charge in [0.05, 0.1) is 0 Å². The molecule has 1 aromatic carbocycles. The van der Waals surface area contributed by atoms with Gasteiger partial charge in [-0.3, -0.25) is 4.79 Å². The van der Waals surface area contributed by atoms with Crippen LogP contribution in [-0.2, 0) is 17.9 Å². The van der Waals surface area contributed by atoms with Gasteiger partial charge in [0.25, 0.3) is 0 Å². The van der Waals surface area contributed by atoms with Crippen LogP contribution in [0.2, 0.25) is 0 Å². The first-order chi connectivity index (χ1) is 7.04. The van der Waals surface area contributed by atoms with Gasteiger partial charge in [-0.05, 0) is 30.5 Å². The van der Waals surface area contributed by atoms with Gasteiger partial charge in [0.1, 0.15) is 12.5 Å². The van der Waals surface area contributed by atoms with Crippen LogP contribution in [0.1, 0.15) is 23.1 Å². The van der Waals surface area contributed by atoms with Crippen molar-refractivity contribution in [3.05, 3.63) is 34.6 Å². The highest BCUT2D eigenvalue weighted by atomic mass is 19.1. The minimum atomic E-state index is -0.928. The fraction of sp³-hybridized carbons (Fsp3) is 0.364. The molecule has 15 heavy (non-hydrogen) atoms. The Bertz CT molecular complexity index is 352. The first-order valence-electron chi connectivity index (χ1n) is 4.60. The Balaban J connectivity index is 2.88. The Morgan fingerprint density at radius 3 is 2.60 bits per heavy atom. The Morgan fingerprint density at radius 2 is 2.13 bits per heavy atom. The number of carboxylic acid groups (broad SMARTS) is 1. The van der Waals surface area contributed by atoms with Crippen LogP contribution >= 0.6 is 0 Å². The summed E-state index contributed by atoms with van der Waals surface area (Å²) in [6.45, 7) is 0.777. The third-order valence-corrected chi connectivity index (χ3v) is 2.24. The van der Waals surface area contributed by atoms with Gasteiger partial charge in [-0.25, -0.2) is 8.78 Å². The number of rotatable bonds is 4. The molecule has 0 saturated heterocycles. The summed E-state index contributed by atoms with van der Waals surface area (Å²) in [5.41, 5.74) is 1.16. The molecule has 0 fully saturated rings. The normalized spacial score (nSPS) is 10.3. The second-order valence-corrected chi connectivity index (χ2v) is 3.40. The predicted octanol–water partition coefficient (Wildman–Crippen LogP) is 2.62. The molecule has 0 unspecified atom stereocenters. The average molecular weight is 214 g/mol. The number of benzene rings is 1. The molecule has 1 rings (SSSR count). The maximum Gasteiger partial charge on any atom is 0.303 e. The SMILES string of the molecule is Cc1cc(CCC(=O)O)cc(F)c1CF. The molecule has 1 aromatic rings. The van der Waals surface area contributed by atoms with Crippen molar-refractivity contribution < 1.29 is 18.7 Å². The molecule has 4 heteroatoms. The van der Waals surface area contributed by atoms with E-state index >= 15 is 0 Å². The topological polar surface area (TPSA) is 37.3 Å². The number of aliphatic carboxylic acids is 1.